The molecule has 3 nitrogen and oxygen atoms in total. The molecule has 0 aliphatic rings. The third-order valence-corrected chi connectivity index (χ3v) is 2.89. The van der Waals surface area contributed by atoms with Crippen molar-refractivity contribution in [3.8, 4) is 0 Å². The van der Waals surface area contributed by atoms with E-state index in [-0.39, 0.29) is 6.03 Å². The lowest BCUT2D eigenvalue weighted by molar-refractivity contribution is 0.230. The van der Waals surface area contributed by atoms with E-state index in [0.717, 1.165) is 15.7 Å². The zero-order chi connectivity index (χ0) is 10.7. The molecule has 4 heteroatoms. The molecule has 0 aliphatic carbocycles. The molecule has 0 atom stereocenters. The number of aryl methyl sites for hydroxylation is 1. The summed E-state index contributed by atoms with van der Waals surface area (Å²) < 4.78 is 0.926. The molecule has 1 aromatic carbocycles. The molecule has 76 valence electrons. The van der Waals surface area contributed by atoms with Gasteiger partial charge >= 0.3 is 6.03 Å². The lowest BCUT2D eigenvalue weighted by Crippen LogP contribution is -2.27. The number of carbonyl (C=O) groups excluding carboxylic acids is 1. The number of urea groups is 1. The van der Waals surface area contributed by atoms with Crippen LogP contribution in [0.5, 0.6) is 0 Å². The lowest BCUT2D eigenvalue weighted by atomic mass is 10.2. The van der Waals surface area contributed by atoms with Crippen molar-refractivity contribution in [2.75, 3.05) is 19.4 Å². The van der Waals surface area contributed by atoms with Gasteiger partial charge < -0.3 is 10.2 Å². The molecular weight excluding hydrogens is 244 g/mol. The van der Waals surface area contributed by atoms with Crippen LogP contribution in [0.1, 0.15) is 5.56 Å². The van der Waals surface area contributed by atoms with Crippen LogP contribution >= 0.6 is 15.9 Å². The number of hydrogen-bond acceptors (Lipinski definition) is 1. The summed E-state index contributed by atoms with van der Waals surface area (Å²) in [6, 6.07) is 5.62. The maximum Gasteiger partial charge on any atom is 0.321 e. The van der Waals surface area contributed by atoms with E-state index in [0.29, 0.717) is 0 Å². The minimum Gasteiger partial charge on any atom is -0.331 e. The first-order valence-corrected chi connectivity index (χ1v) is 5.05. The summed E-state index contributed by atoms with van der Waals surface area (Å²) in [7, 11) is 3.41. The number of rotatable bonds is 1. The molecule has 0 unspecified atom stereocenters. The summed E-state index contributed by atoms with van der Waals surface area (Å²) in [6.07, 6.45) is 0. The molecule has 1 rings (SSSR count). The van der Waals surface area contributed by atoms with Gasteiger partial charge in [-0.05, 0) is 34.5 Å². The molecule has 0 saturated heterocycles. The highest BCUT2D eigenvalue weighted by Gasteiger charge is 2.07. The van der Waals surface area contributed by atoms with Crippen molar-refractivity contribution in [3.05, 3.63) is 28.2 Å². The third kappa shape index (κ3) is 2.48. The van der Waals surface area contributed by atoms with Crippen molar-refractivity contribution in [1.82, 2.24) is 4.90 Å². The van der Waals surface area contributed by atoms with E-state index in [2.05, 4.69) is 21.2 Å². The van der Waals surface area contributed by atoms with Gasteiger partial charge in [0.1, 0.15) is 0 Å². The normalized spacial score (nSPS) is 9.71. The fraction of sp³-hybridized carbons (Fsp3) is 0.300. The van der Waals surface area contributed by atoms with Gasteiger partial charge in [0, 0.05) is 18.6 Å². The molecule has 0 spiro atoms. The number of hydrogen-bond donors (Lipinski definition) is 1. The van der Waals surface area contributed by atoms with Crippen LogP contribution in [-0.2, 0) is 0 Å². The Morgan fingerprint density at radius 1 is 1.43 bits per heavy atom. The highest BCUT2D eigenvalue weighted by molar-refractivity contribution is 9.10. The van der Waals surface area contributed by atoms with Crippen molar-refractivity contribution in [2.45, 2.75) is 6.92 Å². The minimum atomic E-state index is -0.128. The van der Waals surface area contributed by atoms with Crippen LogP contribution in [0.15, 0.2) is 22.7 Å². The first kappa shape index (κ1) is 11.0. The van der Waals surface area contributed by atoms with E-state index in [9.17, 15) is 4.79 Å². The zero-order valence-corrected chi connectivity index (χ0v) is 10.1. The molecule has 0 saturated carbocycles. The number of nitrogens with zero attached hydrogens (tertiary/aromatic N) is 1. The number of anilines is 1. The van der Waals surface area contributed by atoms with E-state index in [1.807, 2.05) is 25.1 Å². The second kappa shape index (κ2) is 4.46. The van der Waals surface area contributed by atoms with Crippen molar-refractivity contribution < 1.29 is 4.79 Å². The molecular formula is C10H13BrN2O. The Kier molecular flexibility index (Phi) is 3.52. The average Bonchev–Trinajstić information content (AvgIpc) is 2.12. The Bertz CT molecular complexity index is 350. The SMILES string of the molecule is Cc1cccc(NC(=O)N(C)C)c1Br. The van der Waals surface area contributed by atoms with E-state index in [4.69, 9.17) is 0 Å². The second-order valence-electron chi connectivity index (χ2n) is 3.26. The van der Waals surface area contributed by atoms with E-state index in [1.54, 1.807) is 14.1 Å². The van der Waals surface area contributed by atoms with Gasteiger partial charge in [-0.25, -0.2) is 4.79 Å². The van der Waals surface area contributed by atoms with Crippen LogP contribution in [0.4, 0.5) is 10.5 Å². The Labute approximate surface area is 92.2 Å². The van der Waals surface area contributed by atoms with Gasteiger partial charge in [0.2, 0.25) is 0 Å². The fourth-order valence-corrected chi connectivity index (χ4v) is 1.33. The Morgan fingerprint density at radius 2 is 2.07 bits per heavy atom. The number of amides is 2. The second-order valence-corrected chi connectivity index (χ2v) is 4.05. The minimum absolute atomic E-state index is 0.128. The molecule has 14 heavy (non-hydrogen) atoms. The van der Waals surface area contributed by atoms with E-state index < -0.39 is 0 Å². The lowest BCUT2D eigenvalue weighted by Gasteiger charge is -2.13. The summed E-state index contributed by atoms with van der Waals surface area (Å²) in [6.45, 7) is 1.98. The average molecular weight is 257 g/mol. The first-order chi connectivity index (χ1) is 6.52. The number of carbonyl (C=O) groups is 1. The summed E-state index contributed by atoms with van der Waals surface area (Å²) in [4.78, 5) is 12.9. The van der Waals surface area contributed by atoms with E-state index in [1.165, 1.54) is 4.90 Å². The van der Waals surface area contributed by atoms with Crippen LogP contribution in [0, 0.1) is 6.92 Å². The van der Waals surface area contributed by atoms with Gasteiger partial charge in [0.05, 0.1) is 5.69 Å². The van der Waals surface area contributed by atoms with Crippen molar-refractivity contribution in [3.63, 3.8) is 0 Å². The topological polar surface area (TPSA) is 32.3 Å². The molecule has 0 aromatic heterocycles. The maximum absolute atomic E-state index is 11.4. The maximum atomic E-state index is 11.4. The summed E-state index contributed by atoms with van der Waals surface area (Å²) >= 11 is 3.42. The van der Waals surface area contributed by atoms with Crippen LogP contribution in [-0.4, -0.2) is 25.0 Å². The molecule has 0 aliphatic heterocycles. The first-order valence-electron chi connectivity index (χ1n) is 4.26. The van der Waals surface area contributed by atoms with Crippen LogP contribution in [0.3, 0.4) is 0 Å². The summed E-state index contributed by atoms with van der Waals surface area (Å²) in [5, 5.41) is 2.79. The van der Waals surface area contributed by atoms with E-state index >= 15 is 0 Å². The van der Waals surface area contributed by atoms with Crippen LogP contribution in [0.25, 0.3) is 0 Å². The molecule has 0 fully saturated rings. The monoisotopic (exact) mass is 256 g/mol. The van der Waals surface area contributed by atoms with Crippen molar-refractivity contribution >= 4 is 27.6 Å². The molecule has 2 amide bonds. The molecule has 1 aromatic rings. The van der Waals surface area contributed by atoms with Gasteiger partial charge in [0.25, 0.3) is 0 Å². The predicted octanol–water partition coefficient (Wildman–Crippen LogP) is 2.85. The van der Waals surface area contributed by atoms with Crippen molar-refractivity contribution in [1.29, 1.82) is 0 Å². The molecule has 0 radical (unpaired) electrons. The molecule has 0 bridgehead atoms. The highest BCUT2D eigenvalue weighted by atomic mass is 79.9. The third-order valence-electron chi connectivity index (χ3n) is 1.84. The fourth-order valence-electron chi connectivity index (χ4n) is 0.971. The molecule has 1 N–H and O–H groups in total. The zero-order valence-electron chi connectivity index (χ0n) is 8.47. The Hall–Kier alpha value is -1.03. The van der Waals surface area contributed by atoms with Crippen LogP contribution in [0.2, 0.25) is 0 Å². The number of halogens is 1. The molecule has 0 heterocycles. The Balaban J connectivity index is 2.87. The van der Waals surface area contributed by atoms with Crippen molar-refractivity contribution in [2.24, 2.45) is 0 Å². The smallest absolute Gasteiger partial charge is 0.321 e. The van der Waals surface area contributed by atoms with Gasteiger partial charge in [-0.2, -0.15) is 0 Å². The number of nitrogens with one attached hydrogen (secondary N) is 1. The van der Waals surface area contributed by atoms with Gasteiger partial charge in [0.15, 0.2) is 0 Å². The predicted molar refractivity (Wildman–Crippen MR) is 61.6 cm³/mol. The summed E-state index contributed by atoms with van der Waals surface area (Å²) in [5.41, 5.74) is 1.89. The number of benzene rings is 1. The van der Waals surface area contributed by atoms with Gasteiger partial charge in [-0.3, -0.25) is 0 Å². The summed E-state index contributed by atoms with van der Waals surface area (Å²) in [5.74, 6) is 0. The highest BCUT2D eigenvalue weighted by Crippen LogP contribution is 2.25. The van der Waals surface area contributed by atoms with Gasteiger partial charge in [-0.15, -0.1) is 0 Å². The standard InChI is InChI=1S/C10H13BrN2O/c1-7-5-4-6-8(9(7)11)12-10(14)13(2)3/h4-6H,1-3H3,(H,12,14). The Morgan fingerprint density at radius 3 is 2.64 bits per heavy atom. The van der Waals surface area contributed by atoms with Gasteiger partial charge in [-0.1, -0.05) is 12.1 Å². The quantitative estimate of drug-likeness (QED) is 0.824. The van der Waals surface area contributed by atoms with Crippen LogP contribution < -0.4 is 5.32 Å². The largest absolute Gasteiger partial charge is 0.331 e.